The molecule has 1 aromatic carbocycles. The Kier molecular flexibility index (Phi) is 6.14. The topological polar surface area (TPSA) is 101 Å². The molecule has 27 heavy (non-hydrogen) atoms. The Morgan fingerprint density at radius 1 is 1.30 bits per heavy atom. The first-order valence-corrected chi connectivity index (χ1v) is 8.51. The molecule has 0 radical (unpaired) electrons. The molecule has 2 rings (SSSR count). The van der Waals surface area contributed by atoms with E-state index in [1.165, 1.54) is 6.07 Å². The van der Waals surface area contributed by atoms with Crippen molar-refractivity contribution in [3.8, 4) is 0 Å². The van der Waals surface area contributed by atoms with Gasteiger partial charge in [0.05, 0.1) is 10.9 Å². The second-order valence-electron chi connectivity index (χ2n) is 5.95. The summed E-state index contributed by atoms with van der Waals surface area (Å²) in [6.07, 6.45) is 0. The lowest BCUT2D eigenvalue weighted by atomic mass is 9.95. The lowest BCUT2D eigenvalue weighted by Crippen LogP contribution is -2.33. The maximum Gasteiger partial charge on any atom is 0.446 e. The standard InChI is InChI=1S/C16H16F4N4O2S/c1-7(2)13(24-14(26)10-6-12(25)23-15(21)22-10)8-3-4-11(9(17)5-8)27-16(18,19)20/h3-7,13H,1-2H3,(H,24,26)(H3,21,22,23,25)/t13-/m1/s1. The summed E-state index contributed by atoms with van der Waals surface area (Å²) in [5.74, 6) is -2.24. The summed E-state index contributed by atoms with van der Waals surface area (Å²) in [7, 11) is 0. The molecule has 6 nitrogen and oxygen atoms in total. The quantitative estimate of drug-likeness (QED) is 0.525. The van der Waals surface area contributed by atoms with Crippen molar-refractivity contribution in [1.82, 2.24) is 15.3 Å². The van der Waals surface area contributed by atoms with Crippen LogP contribution in [-0.4, -0.2) is 21.4 Å². The Hall–Kier alpha value is -2.56. The van der Waals surface area contributed by atoms with Crippen LogP contribution >= 0.6 is 11.8 Å². The zero-order valence-corrected chi connectivity index (χ0v) is 15.0. The summed E-state index contributed by atoms with van der Waals surface area (Å²) in [6, 6.07) is 3.49. The summed E-state index contributed by atoms with van der Waals surface area (Å²) >= 11 is -0.554. The molecule has 0 aliphatic carbocycles. The van der Waals surface area contributed by atoms with Gasteiger partial charge in [-0.3, -0.25) is 14.6 Å². The Balaban J connectivity index is 2.28. The van der Waals surface area contributed by atoms with E-state index in [9.17, 15) is 27.2 Å². The van der Waals surface area contributed by atoms with Crippen molar-refractivity contribution >= 4 is 23.6 Å². The lowest BCUT2D eigenvalue weighted by molar-refractivity contribution is -0.0329. The van der Waals surface area contributed by atoms with E-state index in [0.717, 1.165) is 18.2 Å². The zero-order valence-electron chi connectivity index (χ0n) is 14.2. The first-order valence-electron chi connectivity index (χ1n) is 7.69. The van der Waals surface area contributed by atoms with Gasteiger partial charge in [-0.25, -0.2) is 9.37 Å². The number of carbonyl (C=O) groups excluding carboxylic acids is 1. The van der Waals surface area contributed by atoms with E-state index in [-0.39, 0.29) is 23.1 Å². The number of carbonyl (C=O) groups is 1. The van der Waals surface area contributed by atoms with Crippen LogP contribution in [0.3, 0.4) is 0 Å². The van der Waals surface area contributed by atoms with Gasteiger partial charge < -0.3 is 11.1 Å². The normalized spacial score (nSPS) is 12.9. The van der Waals surface area contributed by atoms with Gasteiger partial charge in [-0.1, -0.05) is 19.9 Å². The van der Waals surface area contributed by atoms with Crippen LogP contribution in [0.25, 0.3) is 0 Å². The Bertz CT molecular complexity index is 899. The maximum atomic E-state index is 14.1. The second-order valence-corrected chi connectivity index (χ2v) is 7.06. The summed E-state index contributed by atoms with van der Waals surface area (Å²) in [6.45, 7) is 3.47. The number of halogens is 4. The summed E-state index contributed by atoms with van der Waals surface area (Å²) in [5, 5.41) is 2.59. The van der Waals surface area contributed by atoms with Gasteiger partial charge >= 0.3 is 5.51 Å². The molecular formula is C16H16F4N4O2S. The number of alkyl halides is 3. The SMILES string of the molecule is CC(C)[C@@H](NC(=O)c1cc(=O)[nH]c(N)n1)c1ccc(SC(F)(F)F)c(F)c1. The fourth-order valence-corrected chi connectivity index (χ4v) is 2.90. The number of H-pyrrole nitrogens is 1. The van der Waals surface area contributed by atoms with E-state index in [1.807, 2.05) is 0 Å². The molecular weight excluding hydrogens is 388 g/mol. The first kappa shape index (κ1) is 20.7. The molecule has 11 heteroatoms. The molecule has 0 saturated heterocycles. The number of hydrogen-bond donors (Lipinski definition) is 3. The smallest absolute Gasteiger partial charge is 0.369 e. The maximum absolute atomic E-state index is 14.1. The van der Waals surface area contributed by atoms with Gasteiger partial charge in [0.15, 0.2) is 0 Å². The molecule has 1 heterocycles. The number of nitrogens with zero attached hydrogens (tertiary/aromatic N) is 1. The monoisotopic (exact) mass is 404 g/mol. The van der Waals surface area contributed by atoms with E-state index < -0.39 is 45.5 Å². The van der Waals surface area contributed by atoms with E-state index >= 15 is 0 Å². The largest absolute Gasteiger partial charge is 0.446 e. The molecule has 0 unspecified atom stereocenters. The number of nitrogens with one attached hydrogen (secondary N) is 2. The summed E-state index contributed by atoms with van der Waals surface area (Å²) in [4.78, 5) is 29.1. The van der Waals surface area contributed by atoms with E-state index in [1.54, 1.807) is 13.8 Å². The van der Waals surface area contributed by atoms with E-state index in [0.29, 0.717) is 0 Å². The van der Waals surface area contributed by atoms with Crippen LogP contribution in [0.4, 0.5) is 23.5 Å². The third kappa shape index (κ3) is 5.71. The Labute approximate surface area is 155 Å². The van der Waals surface area contributed by atoms with Crippen molar-refractivity contribution in [2.24, 2.45) is 5.92 Å². The van der Waals surface area contributed by atoms with Gasteiger partial charge in [0, 0.05) is 6.07 Å². The molecule has 0 aliphatic rings. The Morgan fingerprint density at radius 2 is 1.96 bits per heavy atom. The molecule has 0 aliphatic heterocycles. The third-order valence-electron chi connectivity index (χ3n) is 3.49. The van der Waals surface area contributed by atoms with Gasteiger partial charge in [-0.15, -0.1) is 0 Å². The number of amides is 1. The molecule has 1 atom stereocenters. The summed E-state index contributed by atoms with van der Waals surface area (Å²) < 4.78 is 51.3. The molecule has 0 bridgehead atoms. The van der Waals surface area contributed by atoms with Crippen LogP contribution in [0.15, 0.2) is 34.0 Å². The highest BCUT2D eigenvalue weighted by molar-refractivity contribution is 8.00. The molecule has 0 saturated carbocycles. The fraction of sp³-hybridized carbons (Fsp3) is 0.312. The minimum absolute atomic E-state index is 0.228. The first-order chi connectivity index (χ1) is 12.5. The third-order valence-corrected chi connectivity index (χ3v) is 4.27. The number of rotatable bonds is 5. The van der Waals surface area contributed by atoms with Crippen molar-refractivity contribution in [3.05, 3.63) is 51.7 Å². The Morgan fingerprint density at radius 3 is 2.48 bits per heavy atom. The van der Waals surface area contributed by atoms with Crippen LogP contribution in [-0.2, 0) is 0 Å². The number of anilines is 1. The van der Waals surface area contributed by atoms with Crippen LogP contribution in [0, 0.1) is 11.7 Å². The minimum Gasteiger partial charge on any atom is -0.369 e. The molecule has 4 N–H and O–H groups in total. The van der Waals surface area contributed by atoms with Gasteiger partial charge in [-0.2, -0.15) is 13.2 Å². The number of hydrogen-bond acceptors (Lipinski definition) is 5. The lowest BCUT2D eigenvalue weighted by Gasteiger charge is -2.23. The van der Waals surface area contributed by atoms with Crippen molar-refractivity contribution < 1.29 is 22.4 Å². The highest BCUT2D eigenvalue weighted by atomic mass is 32.2. The van der Waals surface area contributed by atoms with Crippen LogP contribution < -0.4 is 16.6 Å². The molecule has 146 valence electrons. The number of nitrogen functional groups attached to an aromatic ring is 1. The van der Waals surface area contributed by atoms with Gasteiger partial charge in [0.25, 0.3) is 11.5 Å². The summed E-state index contributed by atoms with van der Waals surface area (Å²) in [5.41, 5.74) is 0.215. The van der Waals surface area contributed by atoms with Crippen LogP contribution in [0.1, 0.15) is 35.9 Å². The second kappa shape index (κ2) is 7.99. The van der Waals surface area contributed by atoms with Gasteiger partial charge in [0.2, 0.25) is 5.95 Å². The molecule has 0 spiro atoms. The highest BCUT2D eigenvalue weighted by Crippen LogP contribution is 2.39. The molecule has 0 fully saturated rings. The fourth-order valence-electron chi connectivity index (χ4n) is 2.36. The predicted molar refractivity (Wildman–Crippen MR) is 92.6 cm³/mol. The highest BCUT2D eigenvalue weighted by Gasteiger charge is 2.31. The minimum atomic E-state index is -4.61. The zero-order chi connectivity index (χ0) is 20.4. The average molecular weight is 404 g/mol. The molecule has 1 amide bonds. The van der Waals surface area contributed by atoms with Crippen molar-refractivity contribution in [2.75, 3.05) is 5.73 Å². The van der Waals surface area contributed by atoms with E-state index in [2.05, 4.69) is 15.3 Å². The van der Waals surface area contributed by atoms with Crippen LogP contribution in [0.2, 0.25) is 0 Å². The number of thioether (sulfide) groups is 1. The van der Waals surface area contributed by atoms with Crippen molar-refractivity contribution in [3.63, 3.8) is 0 Å². The van der Waals surface area contributed by atoms with Crippen molar-refractivity contribution in [1.29, 1.82) is 0 Å². The number of aromatic nitrogens is 2. The average Bonchev–Trinajstić information content (AvgIpc) is 2.52. The van der Waals surface area contributed by atoms with Gasteiger partial charge in [0.1, 0.15) is 11.5 Å². The molecule has 2 aromatic rings. The van der Waals surface area contributed by atoms with Crippen molar-refractivity contribution in [2.45, 2.75) is 30.3 Å². The number of aromatic amines is 1. The van der Waals surface area contributed by atoms with E-state index in [4.69, 9.17) is 5.73 Å². The van der Waals surface area contributed by atoms with Crippen LogP contribution in [0.5, 0.6) is 0 Å². The number of nitrogens with two attached hydrogens (primary N) is 1. The molecule has 1 aromatic heterocycles. The predicted octanol–water partition coefficient (Wildman–Crippen LogP) is 3.23. The number of benzene rings is 1. The van der Waals surface area contributed by atoms with Gasteiger partial charge in [-0.05, 0) is 35.4 Å².